The molecular weight excluding hydrogens is 436 g/mol. The Balaban J connectivity index is 1.33. The van der Waals surface area contributed by atoms with E-state index >= 15 is 0 Å². The second-order valence-corrected chi connectivity index (χ2v) is 10.0. The summed E-state index contributed by atoms with van der Waals surface area (Å²) in [6.07, 6.45) is 8.47. The average molecular weight is 477 g/mol. The molecule has 0 aliphatic rings. The Hall–Kier alpha value is -3.52. The van der Waals surface area contributed by atoms with Crippen LogP contribution in [0.2, 0.25) is 0 Å². The number of hydrogen-bond donors (Lipinski definition) is 2. The van der Waals surface area contributed by atoms with Gasteiger partial charge in [0.15, 0.2) is 0 Å². The lowest BCUT2D eigenvalue weighted by molar-refractivity contribution is 0.903. The lowest BCUT2D eigenvalue weighted by Gasteiger charge is -2.11. The van der Waals surface area contributed by atoms with Crippen molar-refractivity contribution >= 4 is 11.4 Å². The van der Waals surface area contributed by atoms with E-state index in [4.69, 9.17) is 11.5 Å². The fraction of sp³-hybridized carbons (Fsp3) is 0.294. The molecular formula is C34H40N2. The zero-order valence-electron chi connectivity index (χ0n) is 21.9. The molecule has 4 aromatic carbocycles. The molecule has 0 unspecified atom stereocenters. The van der Waals surface area contributed by atoms with Gasteiger partial charge in [-0.15, -0.1) is 0 Å². The van der Waals surface area contributed by atoms with Crippen LogP contribution in [0, 0.1) is 0 Å². The molecule has 0 spiro atoms. The van der Waals surface area contributed by atoms with Gasteiger partial charge in [-0.25, -0.2) is 0 Å². The molecule has 0 heterocycles. The standard InChI is InChI=1S/C34H40N2/c1-3-5-29-23-33(35)19-17-31(29)21-27-13-9-25(10-14-27)7-8-26-11-15-28(16-12-26)22-32-18-20-34(36)24-30(32)6-4-2/h9-20,23-24H,3-8,21-22,35-36H2,1-2H3. The highest BCUT2D eigenvalue weighted by Crippen LogP contribution is 2.22. The molecule has 186 valence electrons. The second kappa shape index (κ2) is 12.4. The van der Waals surface area contributed by atoms with Gasteiger partial charge in [0, 0.05) is 11.4 Å². The van der Waals surface area contributed by atoms with E-state index in [1.807, 2.05) is 12.1 Å². The summed E-state index contributed by atoms with van der Waals surface area (Å²) < 4.78 is 0. The van der Waals surface area contributed by atoms with Crippen molar-refractivity contribution in [2.24, 2.45) is 0 Å². The van der Waals surface area contributed by atoms with Crippen molar-refractivity contribution < 1.29 is 0 Å². The van der Waals surface area contributed by atoms with Crippen LogP contribution in [0.5, 0.6) is 0 Å². The van der Waals surface area contributed by atoms with Crippen LogP contribution in [0.15, 0.2) is 84.9 Å². The Morgan fingerprint density at radius 3 is 1.14 bits per heavy atom. The van der Waals surface area contributed by atoms with Crippen LogP contribution in [0.4, 0.5) is 11.4 Å². The summed E-state index contributed by atoms with van der Waals surface area (Å²) in [6, 6.07) is 31.0. The summed E-state index contributed by atoms with van der Waals surface area (Å²) in [6.45, 7) is 4.44. The lowest BCUT2D eigenvalue weighted by atomic mass is 9.94. The molecule has 0 aliphatic carbocycles. The molecule has 4 rings (SSSR count). The van der Waals surface area contributed by atoms with Gasteiger partial charge in [-0.05, 0) is 107 Å². The van der Waals surface area contributed by atoms with Crippen molar-refractivity contribution in [2.75, 3.05) is 11.5 Å². The van der Waals surface area contributed by atoms with Crippen LogP contribution >= 0.6 is 0 Å². The fourth-order valence-corrected chi connectivity index (χ4v) is 5.02. The maximum atomic E-state index is 6.01. The summed E-state index contributed by atoms with van der Waals surface area (Å²) in [5, 5.41) is 0. The summed E-state index contributed by atoms with van der Waals surface area (Å²) in [4.78, 5) is 0. The van der Waals surface area contributed by atoms with Gasteiger partial charge in [-0.2, -0.15) is 0 Å². The van der Waals surface area contributed by atoms with Crippen LogP contribution in [0.3, 0.4) is 0 Å². The fourth-order valence-electron chi connectivity index (χ4n) is 5.02. The Morgan fingerprint density at radius 1 is 0.417 bits per heavy atom. The first-order chi connectivity index (χ1) is 17.5. The van der Waals surface area contributed by atoms with Crippen LogP contribution in [-0.4, -0.2) is 0 Å². The SMILES string of the molecule is CCCc1cc(N)ccc1Cc1ccc(CCc2ccc(Cc3ccc(N)cc3CCC)cc2)cc1. The maximum Gasteiger partial charge on any atom is 0.0316 e. The van der Waals surface area contributed by atoms with E-state index in [9.17, 15) is 0 Å². The van der Waals surface area contributed by atoms with Crippen molar-refractivity contribution in [3.63, 3.8) is 0 Å². The summed E-state index contributed by atoms with van der Waals surface area (Å²) >= 11 is 0. The summed E-state index contributed by atoms with van der Waals surface area (Å²) in [5.74, 6) is 0. The topological polar surface area (TPSA) is 52.0 Å². The molecule has 0 bridgehead atoms. The molecule has 0 fully saturated rings. The molecule has 4 aromatic rings. The van der Waals surface area contributed by atoms with E-state index in [0.29, 0.717) is 0 Å². The Morgan fingerprint density at radius 2 is 0.778 bits per heavy atom. The van der Waals surface area contributed by atoms with E-state index in [1.165, 1.54) is 44.5 Å². The van der Waals surface area contributed by atoms with E-state index in [2.05, 4.69) is 86.6 Å². The van der Waals surface area contributed by atoms with E-state index < -0.39 is 0 Å². The van der Waals surface area contributed by atoms with Crippen LogP contribution < -0.4 is 11.5 Å². The molecule has 4 N–H and O–H groups in total. The van der Waals surface area contributed by atoms with E-state index in [-0.39, 0.29) is 0 Å². The molecule has 0 radical (unpaired) electrons. The predicted octanol–water partition coefficient (Wildman–Crippen LogP) is 7.72. The zero-order valence-corrected chi connectivity index (χ0v) is 21.9. The lowest BCUT2D eigenvalue weighted by Crippen LogP contribution is -1.99. The first-order valence-electron chi connectivity index (χ1n) is 13.4. The Kier molecular flexibility index (Phi) is 8.84. The summed E-state index contributed by atoms with van der Waals surface area (Å²) in [5.41, 5.74) is 24.8. The quantitative estimate of drug-likeness (QED) is 0.218. The third-order valence-electron chi connectivity index (χ3n) is 7.04. The van der Waals surface area contributed by atoms with Gasteiger partial charge < -0.3 is 11.5 Å². The third-order valence-corrected chi connectivity index (χ3v) is 7.04. The number of anilines is 2. The highest BCUT2D eigenvalue weighted by atomic mass is 14.5. The molecule has 0 aliphatic heterocycles. The Bertz CT molecular complexity index is 1150. The van der Waals surface area contributed by atoms with Gasteiger partial charge in [0.25, 0.3) is 0 Å². The smallest absolute Gasteiger partial charge is 0.0316 e. The minimum absolute atomic E-state index is 0.858. The second-order valence-electron chi connectivity index (χ2n) is 10.0. The number of rotatable bonds is 11. The largest absolute Gasteiger partial charge is 0.399 e. The van der Waals surface area contributed by atoms with Crippen molar-refractivity contribution in [1.82, 2.24) is 0 Å². The normalized spacial score (nSPS) is 11.1. The average Bonchev–Trinajstić information content (AvgIpc) is 2.88. The third kappa shape index (κ3) is 7.01. The zero-order chi connectivity index (χ0) is 25.3. The van der Waals surface area contributed by atoms with Gasteiger partial charge >= 0.3 is 0 Å². The van der Waals surface area contributed by atoms with Crippen molar-refractivity contribution in [2.45, 2.75) is 65.2 Å². The predicted molar refractivity (Wildman–Crippen MR) is 156 cm³/mol. The first-order valence-corrected chi connectivity index (χ1v) is 13.4. The maximum absolute atomic E-state index is 6.01. The molecule has 2 heteroatoms. The minimum atomic E-state index is 0.858. The van der Waals surface area contributed by atoms with Crippen molar-refractivity contribution in [3.8, 4) is 0 Å². The molecule has 0 saturated heterocycles. The number of benzene rings is 4. The molecule has 36 heavy (non-hydrogen) atoms. The van der Waals surface area contributed by atoms with E-state index in [1.54, 1.807) is 0 Å². The van der Waals surface area contributed by atoms with Gasteiger partial charge in [0.2, 0.25) is 0 Å². The molecule has 2 nitrogen and oxygen atoms in total. The van der Waals surface area contributed by atoms with Crippen LogP contribution in [0.25, 0.3) is 0 Å². The molecule has 0 aromatic heterocycles. The molecule has 0 saturated carbocycles. The number of aryl methyl sites for hydroxylation is 4. The Labute approximate surface area is 217 Å². The molecule has 0 atom stereocenters. The van der Waals surface area contributed by atoms with Crippen LogP contribution in [-0.2, 0) is 38.5 Å². The van der Waals surface area contributed by atoms with Crippen LogP contribution in [0.1, 0.15) is 71.2 Å². The number of nitrogen functional groups attached to an aromatic ring is 2. The minimum Gasteiger partial charge on any atom is -0.399 e. The number of nitrogens with two attached hydrogens (primary N) is 2. The van der Waals surface area contributed by atoms with E-state index in [0.717, 1.165) is 62.7 Å². The van der Waals surface area contributed by atoms with Crippen molar-refractivity contribution in [1.29, 1.82) is 0 Å². The van der Waals surface area contributed by atoms with Gasteiger partial charge in [0.05, 0.1) is 0 Å². The monoisotopic (exact) mass is 476 g/mol. The van der Waals surface area contributed by atoms with Crippen molar-refractivity contribution in [3.05, 3.63) is 129 Å². The molecule has 0 amide bonds. The van der Waals surface area contributed by atoms with Gasteiger partial charge in [-0.3, -0.25) is 0 Å². The summed E-state index contributed by atoms with van der Waals surface area (Å²) in [7, 11) is 0. The van der Waals surface area contributed by atoms with Gasteiger partial charge in [-0.1, -0.05) is 87.4 Å². The highest BCUT2D eigenvalue weighted by Gasteiger charge is 2.06. The highest BCUT2D eigenvalue weighted by molar-refractivity contribution is 5.47. The first kappa shape index (κ1) is 25.6. The number of hydrogen-bond acceptors (Lipinski definition) is 2. The van der Waals surface area contributed by atoms with Gasteiger partial charge in [0.1, 0.15) is 0 Å².